The fourth-order valence-electron chi connectivity index (χ4n) is 3.72. The van der Waals surface area contributed by atoms with E-state index >= 15 is 0 Å². The van der Waals surface area contributed by atoms with Crippen molar-refractivity contribution >= 4 is 11.3 Å². The Balaban J connectivity index is 1.58. The molecule has 2 N–H and O–H groups in total. The molecule has 0 radical (unpaired) electrons. The summed E-state index contributed by atoms with van der Waals surface area (Å²) in [5.41, 5.74) is 7.54. The van der Waals surface area contributed by atoms with Crippen LogP contribution in [0.1, 0.15) is 43.3 Å². The smallest absolute Gasteiger partial charge is 0.0928 e. The zero-order valence-corrected chi connectivity index (χ0v) is 12.7. The minimum atomic E-state index is 0.440. The molecule has 3 rings (SSSR count). The Hall–Kier alpha value is -0.450. The van der Waals surface area contributed by atoms with Gasteiger partial charge in [0, 0.05) is 31.1 Å². The third-order valence-electron chi connectivity index (χ3n) is 4.68. The number of aromatic nitrogens is 1. The first-order chi connectivity index (χ1) is 9.26. The number of fused-ring (bicyclic) bond motifs is 1. The fraction of sp³-hybridized carbons (Fsp3) is 0.800. The van der Waals surface area contributed by atoms with Gasteiger partial charge >= 0.3 is 0 Å². The van der Waals surface area contributed by atoms with Crippen LogP contribution in [0, 0.1) is 11.8 Å². The van der Waals surface area contributed by atoms with Crippen LogP contribution in [0.25, 0.3) is 0 Å². The third-order valence-corrected chi connectivity index (χ3v) is 5.64. The first kappa shape index (κ1) is 13.5. The summed E-state index contributed by atoms with van der Waals surface area (Å²) in [6, 6.07) is 0.440. The molecule has 0 amide bonds. The Bertz CT molecular complexity index is 417. The molecule has 3 nitrogen and oxygen atoms in total. The molecular formula is C15H25N3S. The van der Waals surface area contributed by atoms with Crippen LogP contribution in [0.5, 0.6) is 0 Å². The molecule has 106 valence electrons. The van der Waals surface area contributed by atoms with Crippen LogP contribution >= 0.6 is 11.3 Å². The molecule has 1 aliphatic heterocycles. The quantitative estimate of drug-likeness (QED) is 0.921. The van der Waals surface area contributed by atoms with Crippen molar-refractivity contribution in [3.63, 3.8) is 0 Å². The average Bonchev–Trinajstić information content (AvgIpc) is 2.98. The van der Waals surface area contributed by atoms with Crippen LogP contribution in [-0.2, 0) is 13.0 Å². The second-order valence-corrected chi connectivity index (χ2v) is 7.14. The molecule has 1 aliphatic carbocycles. The van der Waals surface area contributed by atoms with E-state index < -0.39 is 0 Å². The predicted molar refractivity (Wildman–Crippen MR) is 80.2 cm³/mol. The van der Waals surface area contributed by atoms with Gasteiger partial charge in [0.05, 0.1) is 10.7 Å². The highest BCUT2D eigenvalue weighted by molar-refractivity contribution is 7.09. The standard InChI is InChI=1S/C15H25N3S/c1-2-4-15-17-12(10-19-15)8-18-7-11-5-3-6-14(16)13(11)9-18/h10-11,13-14H,2-9,16H2,1H3. The molecule has 0 bridgehead atoms. The largest absolute Gasteiger partial charge is 0.327 e. The lowest BCUT2D eigenvalue weighted by atomic mass is 9.78. The number of hydrogen-bond acceptors (Lipinski definition) is 4. The SMILES string of the molecule is CCCc1nc(CN2CC3CCCC(N)C3C2)cs1. The van der Waals surface area contributed by atoms with Gasteiger partial charge in [-0.2, -0.15) is 0 Å². The van der Waals surface area contributed by atoms with Crippen molar-refractivity contribution in [1.82, 2.24) is 9.88 Å². The Morgan fingerprint density at radius 3 is 3.11 bits per heavy atom. The zero-order chi connectivity index (χ0) is 13.2. The molecule has 19 heavy (non-hydrogen) atoms. The van der Waals surface area contributed by atoms with Crippen molar-refractivity contribution < 1.29 is 0 Å². The molecule has 1 saturated carbocycles. The van der Waals surface area contributed by atoms with E-state index in [2.05, 4.69) is 17.2 Å². The van der Waals surface area contributed by atoms with Gasteiger partial charge < -0.3 is 5.73 Å². The summed E-state index contributed by atoms with van der Waals surface area (Å²) in [6.07, 6.45) is 6.25. The van der Waals surface area contributed by atoms with Crippen LogP contribution in [0.2, 0.25) is 0 Å². The number of hydrogen-bond donors (Lipinski definition) is 1. The van der Waals surface area contributed by atoms with E-state index in [0.717, 1.165) is 24.8 Å². The molecule has 1 saturated heterocycles. The summed E-state index contributed by atoms with van der Waals surface area (Å²) in [5.74, 6) is 1.58. The summed E-state index contributed by atoms with van der Waals surface area (Å²) in [6.45, 7) is 5.67. The van der Waals surface area contributed by atoms with Crippen LogP contribution < -0.4 is 5.73 Å². The summed E-state index contributed by atoms with van der Waals surface area (Å²) >= 11 is 1.82. The summed E-state index contributed by atoms with van der Waals surface area (Å²) in [4.78, 5) is 7.32. The van der Waals surface area contributed by atoms with Crippen LogP contribution in [0.15, 0.2) is 5.38 Å². The third kappa shape index (κ3) is 3.01. The topological polar surface area (TPSA) is 42.2 Å². The van der Waals surface area contributed by atoms with E-state index in [1.165, 1.54) is 49.5 Å². The van der Waals surface area contributed by atoms with Crippen LogP contribution in [0.4, 0.5) is 0 Å². The van der Waals surface area contributed by atoms with E-state index in [-0.39, 0.29) is 0 Å². The number of nitrogens with two attached hydrogens (primary N) is 1. The number of nitrogens with zero attached hydrogens (tertiary/aromatic N) is 2. The van der Waals surface area contributed by atoms with E-state index in [1.54, 1.807) is 0 Å². The molecule has 1 aromatic heterocycles. The average molecular weight is 279 g/mol. The fourth-order valence-corrected chi connectivity index (χ4v) is 4.61. The normalized spacial score (nSPS) is 31.6. The van der Waals surface area contributed by atoms with Gasteiger partial charge in [-0.3, -0.25) is 4.90 Å². The Kier molecular flexibility index (Phi) is 4.20. The van der Waals surface area contributed by atoms with Crippen LogP contribution in [0.3, 0.4) is 0 Å². The maximum atomic E-state index is 6.28. The van der Waals surface area contributed by atoms with Crippen molar-refractivity contribution in [3.8, 4) is 0 Å². The van der Waals surface area contributed by atoms with Gasteiger partial charge in [-0.05, 0) is 37.5 Å². The first-order valence-electron chi connectivity index (χ1n) is 7.67. The summed E-state index contributed by atoms with van der Waals surface area (Å²) < 4.78 is 0. The Morgan fingerprint density at radius 1 is 1.42 bits per heavy atom. The molecule has 2 aliphatic rings. The number of rotatable bonds is 4. The maximum Gasteiger partial charge on any atom is 0.0928 e. The van der Waals surface area contributed by atoms with E-state index in [4.69, 9.17) is 10.7 Å². The van der Waals surface area contributed by atoms with E-state index in [1.807, 2.05) is 11.3 Å². The number of thiazole rings is 1. The van der Waals surface area contributed by atoms with Gasteiger partial charge in [0.2, 0.25) is 0 Å². The molecule has 0 spiro atoms. The molecular weight excluding hydrogens is 254 g/mol. The highest BCUT2D eigenvalue weighted by Crippen LogP contribution is 2.36. The minimum Gasteiger partial charge on any atom is -0.327 e. The number of aryl methyl sites for hydroxylation is 1. The summed E-state index contributed by atoms with van der Waals surface area (Å²) in [5, 5.41) is 3.54. The Labute approximate surface area is 120 Å². The molecule has 3 unspecified atom stereocenters. The van der Waals surface area contributed by atoms with Crippen molar-refractivity contribution in [3.05, 3.63) is 16.1 Å². The van der Waals surface area contributed by atoms with Gasteiger partial charge in [0.1, 0.15) is 0 Å². The van der Waals surface area contributed by atoms with Crippen molar-refractivity contribution in [1.29, 1.82) is 0 Å². The lowest BCUT2D eigenvalue weighted by Gasteiger charge is -2.29. The minimum absolute atomic E-state index is 0.440. The molecule has 3 atom stereocenters. The zero-order valence-electron chi connectivity index (χ0n) is 11.8. The van der Waals surface area contributed by atoms with Gasteiger partial charge in [0.15, 0.2) is 0 Å². The lowest BCUT2D eigenvalue weighted by molar-refractivity contribution is 0.259. The second-order valence-electron chi connectivity index (χ2n) is 6.20. The molecule has 0 aromatic carbocycles. The molecule has 2 heterocycles. The van der Waals surface area contributed by atoms with Gasteiger partial charge in [0.25, 0.3) is 0 Å². The first-order valence-corrected chi connectivity index (χ1v) is 8.55. The molecule has 4 heteroatoms. The highest BCUT2D eigenvalue weighted by atomic mass is 32.1. The number of likely N-dealkylation sites (tertiary alicyclic amines) is 1. The van der Waals surface area contributed by atoms with Crippen molar-refractivity contribution in [2.24, 2.45) is 17.6 Å². The monoisotopic (exact) mass is 279 g/mol. The van der Waals surface area contributed by atoms with Crippen molar-refractivity contribution in [2.75, 3.05) is 13.1 Å². The second kappa shape index (κ2) is 5.90. The van der Waals surface area contributed by atoms with Crippen molar-refractivity contribution in [2.45, 2.75) is 51.6 Å². The van der Waals surface area contributed by atoms with Crippen LogP contribution in [-0.4, -0.2) is 29.0 Å². The van der Waals surface area contributed by atoms with Gasteiger partial charge in [-0.1, -0.05) is 13.3 Å². The maximum absolute atomic E-state index is 6.28. The highest BCUT2D eigenvalue weighted by Gasteiger charge is 2.38. The van der Waals surface area contributed by atoms with Gasteiger partial charge in [-0.25, -0.2) is 4.98 Å². The van der Waals surface area contributed by atoms with E-state index in [9.17, 15) is 0 Å². The predicted octanol–water partition coefficient (Wildman–Crippen LogP) is 2.65. The van der Waals surface area contributed by atoms with Gasteiger partial charge in [-0.15, -0.1) is 11.3 Å². The molecule has 1 aromatic rings. The Morgan fingerprint density at radius 2 is 2.32 bits per heavy atom. The lowest BCUT2D eigenvalue weighted by Crippen LogP contribution is -2.38. The molecule has 2 fully saturated rings. The van der Waals surface area contributed by atoms with E-state index in [0.29, 0.717) is 6.04 Å². The summed E-state index contributed by atoms with van der Waals surface area (Å²) in [7, 11) is 0.